The Labute approximate surface area is 104 Å². The van der Waals surface area contributed by atoms with E-state index in [9.17, 15) is 5.11 Å². The molecule has 0 saturated heterocycles. The molecule has 0 bridgehead atoms. The minimum atomic E-state index is 0.317. The molecule has 3 nitrogen and oxygen atoms in total. The van der Waals surface area contributed by atoms with Crippen molar-refractivity contribution in [3.05, 3.63) is 28.8 Å². The third-order valence-corrected chi connectivity index (χ3v) is 2.99. The van der Waals surface area contributed by atoms with Crippen molar-refractivity contribution in [3.63, 3.8) is 0 Å². The number of rotatable bonds is 5. The van der Waals surface area contributed by atoms with E-state index in [2.05, 4.69) is 39.2 Å². The van der Waals surface area contributed by atoms with E-state index < -0.39 is 0 Å². The Morgan fingerprint density at radius 1 is 1.12 bits per heavy atom. The number of aromatic hydroxyl groups is 1. The van der Waals surface area contributed by atoms with E-state index in [0.717, 1.165) is 16.7 Å². The van der Waals surface area contributed by atoms with Crippen LogP contribution in [0.15, 0.2) is 12.1 Å². The summed E-state index contributed by atoms with van der Waals surface area (Å²) in [5, 5.41) is 10.3. The molecule has 0 radical (unpaired) electrons. The average Bonchev–Trinajstić information content (AvgIpc) is 2.26. The van der Waals surface area contributed by atoms with Crippen LogP contribution < -0.4 is 5.48 Å². The molecule has 1 aromatic carbocycles. The predicted molar refractivity (Wildman–Crippen MR) is 70.1 cm³/mol. The maximum absolute atomic E-state index is 10.3. The third-order valence-electron chi connectivity index (χ3n) is 2.99. The van der Waals surface area contributed by atoms with E-state index in [4.69, 9.17) is 4.84 Å². The van der Waals surface area contributed by atoms with Gasteiger partial charge in [0, 0.05) is 12.1 Å². The van der Waals surface area contributed by atoms with Crippen molar-refractivity contribution < 1.29 is 9.94 Å². The summed E-state index contributed by atoms with van der Waals surface area (Å²) < 4.78 is 0. The third kappa shape index (κ3) is 3.20. The lowest BCUT2D eigenvalue weighted by Gasteiger charge is -2.18. The highest BCUT2D eigenvalue weighted by atomic mass is 16.6. The maximum Gasteiger partial charge on any atom is 0.123 e. The Kier molecular flexibility index (Phi) is 4.97. The number of phenols is 1. The molecular weight excluding hydrogens is 214 g/mol. The quantitative estimate of drug-likeness (QED) is 0.772. The van der Waals surface area contributed by atoms with Crippen molar-refractivity contribution in [2.75, 3.05) is 7.11 Å². The summed E-state index contributed by atoms with van der Waals surface area (Å²) in [6, 6.07) is 4.12. The monoisotopic (exact) mass is 237 g/mol. The molecular formula is C14H23NO2. The minimum Gasteiger partial charge on any atom is -0.507 e. The van der Waals surface area contributed by atoms with Crippen molar-refractivity contribution in [1.29, 1.82) is 0 Å². The Balaban J connectivity index is 3.21. The average molecular weight is 237 g/mol. The molecule has 0 aromatic heterocycles. The zero-order valence-corrected chi connectivity index (χ0v) is 11.4. The van der Waals surface area contributed by atoms with Gasteiger partial charge in [-0.3, -0.25) is 0 Å². The molecule has 0 saturated carbocycles. The highest BCUT2D eigenvalue weighted by Crippen LogP contribution is 2.34. The van der Waals surface area contributed by atoms with Gasteiger partial charge in [0.1, 0.15) is 5.75 Å². The summed E-state index contributed by atoms with van der Waals surface area (Å²) in [5.74, 6) is 1.10. The van der Waals surface area contributed by atoms with Gasteiger partial charge in [-0.25, -0.2) is 0 Å². The summed E-state index contributed by atoms with van der Waals surface area (Å²) in [6.45, 7) is 8.94. The van der Waals surface area contributed by atoms with Gasteiger partial charge in [-0.05, 0) is 23.0 Å². The van der Waals surface area contributed by atoms with Crippen molar-refractivity contribution in [2.24, 2.45) is 0 Å². The first-order chi connectivity index (χ1) is 7.99. The fourth-order valence-corrected chi connectivity index (χ4v) is 2.01. The molecule has 0 fully saturated rings. The first-order valence-electron chi connectivity index (χ1n) is 6.09. The maximum atomic E-state index is 10.3. The minimum absolute atomic E-state index is 0.317. The topological polar surface area (TPSA) is 41.5 Å². The van der Waals surface area contributed by atoms with Gasteiger partial charge in [0.2, 0.25) is 0 Å². The summed E-state index contributed by atoms with van der Waals surface area (Å²) in [5.41, 5.74) is 5.90. The normalized spacial score (nSPS) is 11.5. The predicted octanol–water partition coefficient (Wildman–Crippen LogP) is 3.29. The fourth-order valence-electron chi connectivity index (χ4n) is 2.01. The van der Waals surface area contributed by atoms with Gasteiger partial charge in [-0.1, -0.05) is 39.8 Å². The lowest BCUT2D eigenvalue weighted by atomic mass is 9.91. The van der Waals surface area contributed by atoms with E-state index in [1.807, 2.05) is 6.07 Å². The SMILES string of the molecule is CONCc1c(C(C)C)ccc(C(C)C)c1O. The summed E-state index contributed by atoms with van der Waals surface area (Å²) in [7, 11) is 1.58. The highest BCUT2D eigenvalue weighted by Gasteiger charge is 2.16. The van der Waals surface area contributed by atoms with Crippen LogP contribution in [-0.4, -0.2) is 12.2 Å². The molecule has 0 amide bonds. The van der Waals surface area contributed by atoms with Crippen LogP contribution in [-0.2, 0) is 11.4 Å². The van der Waals surface area contributed by atoms with Gasteiger partial charge >= 0.3 is 0 Å². The Morgan fingerprint density at radius 3 is 2.12 bits per heavy atom. The van der Waals surface area contributed by atoms with E-state index >= 15 is 0 Å². The van der Waals surface area contributed by atoms with Crippen molar-refractivity contribution >= 4 is 0 Å². The standard InChI is InChI=1S/C14H23NO2/c1-9(2)11-6-7-12(10(3)4)14(16)13(11)8-15-17-5/h6-7,9-10,15-16H,8H2,1-5H3. The van der Waals surface area contributed by atoms with Gasteiger partial charge in [0.15, 0.2) is 0 Å². The van der Waals surface area contributed by atoms with Crippen molar-refractivity contribution in [2.45, 2.75) is 46.1 Å². The molecule has 0 atom stereocenters. The van der Waals surface area contributed by atoms with E-state index in [1.165, 1.54) is 0 Å². The summed E-state index contributed by atoms with van der Waals surface area (Å²) in [4.78, 5) is 4.87. The first-order valence-corrected chi connectivity index (χ1v) is 6.09. The number of hydrogen-bond donors (Lipinski definition) is 2. The van der Waals surface area contributed by atoms with Crippen molar-refractivity contribution in [1.82, 2.24) is 5.48 Å². The molecule has 0 spiro atoms. The second-order valence-electron chi connectivity index (χ2n) is 4.91. The second kappa shape index (κ2) is 6.03. The number of phenolic OH excluding ortho intramolecular Hbond substituents is 1. The molecule has 0 aliphatic heterocycles. The molecule has 2 N–H and O–H groups in total. The van der Waals surface area contributed by atoms with Gasteiger partial charge in [0.05, 0.1) is 7.11 Å². The molecule has 0 heterocycles. The zero-order valence-electron chi connectivity index (χ0n) is 11.4. The van der Waals surface area contributed by atoms with Gasteiger partial charge in [0.25, 0.3) is 0 Å². The van der Waals surface area contributed by atoms with Crippen LogP contribution in [0.25, 0.3) is 0 Å². The van der Waals surface area contributed by atoms with Crippen LogP contribution in [0.4, 0.5) is 0 Å². The fraction of sp³-hybridized carbons (Fsp3) is 0.571. The molecule has 1 rings (SSSR count). The largest absolute Gasteiger partial charge is 0.507 e. The lowest BCUT2D eigenvalue weighted by molar-refractivity contribution is 0.0858. The number of nitrogens with one attached hydrogen (secondary N) is 1. The Morgan fingerprint density at radius 2 is 1.65 bits per heavy atom. The van der Waals surface area contributed by atoms with Crippen LogP contribution in [0.3, 0.4) is 0 Å². The van der Waals surface area contributed by atoms with Crippen LogP contribution in [0.5, 0.6) is 5.75 Å². The van der Waals surface area contributed by atoms with Crippen molar-refractivity contribution in [3.8, 4) is 5.75 Å². The second-order valence-corrected chi connectivity index (χ2v) is 4.91. The Hall–Kier alpha value is -1.06. The van der Waals surface area contributed by atoms with E-state index in [1.54, 1.807) is 7.11 Å². The van der Waals surface area contributed by atoms with Gasteiger partial charge in [-0.15, -0.1) is 0 Å². The smallest absolute Gasteiger partial charge is 0.123 e. The van der Waals surface area contributed by atoms with Crippen LogP contribution >= 0.6 is 0 Å². The number of hydrogen-bond acceptors (Lipinski definition) is 3. The molecule has 0 aliphatic rings. The Bertz CT molecular complexity index is 373. The van der Waals surface area contributed by atoms with Gasteiger partial charge in [-0.2, -0.15) is 5.48 Å². The van der Waals surface area contributed by atoms with E-state index in [-0.39, 0.29) is 0 Å². The number of benzene rings is 1. The molecule has 96 valence electrons. The van der Waals surface area contributed by atoms with Crippen LogP contribution in [0.1, 0.15) is 56.2 Å². The zero-order chi connectivity index (χ0) is 13.0. The molecule has 0 unspecified atom stereocenters. The molecule has 17 heavy (non-hydrogen) atoms. The lowest BCUT2D eigenvalue weighted by Crippen LogP contribution is -2.14. The first kappa shape index (κ1) is 14.0. The molecule has 3 heteroatoms. The number of hydroxylamine groups is 1. The van der Waals surface area contributed by atoms with E-state index in [0.29, 0.717) is 24.1 Å². The van der Waals surface area contributed by atoms with Crippen LogP contribution in [0, 0.1) is 0 Å². The summed E-state index contributed by atoms with van der Waals surface area (Å²) in [6.07, 6.45) is 0. The highest BCUT2D eigenvalue weighted by molar-refractivity contribution is 5.48. The van der Waals surface area contributed by atoms with Gasteiger partial charge < -0.3 is 9.94 Å². The molecule has 0 aliphatic carbocycles. The van der Waals surface area contributed by atoms with Crippen LogP contribution in [0.2, 0.25) is 0 Å². The molecule has 1 aromatic rings. The summed E-state index contributed by atoms with van der Waals surface area (Å²) >= 11 is 0.